The molecule has 12 heteroatoms. The van der Waals surface area contributed by atoms with Crippen LogP contribution in [0.3, 0.4) is 0 Å². The lowest BCUT2D eigenvalue weighted by Crippen LogP contribution is -2.63. The predicted molar refractivity (Wildman–Crippen MR) is 189 cm³/mol. The van der Waals surface area contributed by atoms with Crippen LogP contribution in [0.5, 0.6) is 0 Å². The molecule has 3 saturated carbocycles. The summed E-state index contributed by atoms with van der Waals surface area (Å²) in [5.41, 5.74) is -0.679. The highest BCUT2D eigenvalue weighted by Crippen LogP contribution is 2.65. The van der Waals surface area contributed by atoms with E-state index < -0.39 is 47.2 Å². The summed E-state index contributed by atoms with van der Waals surface area (Å²) in [6.45, 7) is 15.5. The van der Waals surface area contributed by atoms with Crippen LogP contribution in [0.1, 0.15) is 105 Å². The molecule has 4 N–H and O–H groups in total. The predicted octanol–water partition coefficient (Wildman–Crippen LogP) is 3.30. The molecule has 0 spiro atoms. The summed E-state index contributed by atoms with van der Waals surface area (Å²) in [6.07, 6.45) is 10.6. The second kappa shape index (κ2) is 15.4. The van der Waals surface area contributed by atoms with E-state index in [1.807, 2.05) is 18.7 Å². The summed E-state index contributed by atoms with van der Waals surface area (Å²) in [4.78, 5) is 84.8. The second-order valence-electron chi connectivity index (χ2n) is 16.9. The topological polar surface area (TPSA) is 157 Å². The third kappa shape index (κ3) is 8.36. The summed E-state index contributed by atoms with van der Waals surface area (Å²) in [5, 5.41) is 11.6. The molecule has 50 heavy (non-hydrogen) atoms. The molecule has 5 aliphatic rings. The number of hydrogen-bond acceptors (Lipinski definition) is 6. The minimum atomic E-state index is -0.979. The Balaban J connectivity index is 1.35. The van der Waals surface area contributed by atoms with Crippen LogP contribution in [0, 0.1) is 34.5 Å². The van der Waals surface area contributed by atoms with Crippen molar-refractivity contribution >= 4 is 35.4 Å². The smallest absolute Gasteiger partial charge is 0.315 e. The van der Waals surface area contributed by atoms with Crippen LogP contribution in [-0.2, 0) is 24.0 Å². The molecule has 12 nitrogen and oxygen atoms in total. The molecule has 5 fully saturated rings. The zero-order chi connectivity index (χ0) is 36.4. The number of carbonyl (C=O) groups is 6. The van der Waals surface area contributed by atoms with E-state index in [1.54, 1.807) is 4.90 Å². The average molecular weight is 697 g/mol. The molecule has 6 amide bonds. The zero-order valence-corrected chi connectivity index (χ0v) is 30.9. The molecule has 2 aliphatic heterocycles. The van der Waals surface area contributed by atoms with Crippen molar-refractivity contribution in [2.45, 2.75) is 129 Å². The summed E-state index contributed by atoms with van der Waals surface area (Å²) >= 11 is 0. The van der Waals surface area contributed by atoms with Gasteiger partial charge in [0, 0.05) is 32.6 Å². The lowest BCUT2D eigenvalue weighted by atomic mass is 9.70. The van der Waals surface area contributed by atoms with Gasteiger partial charge in [-0.25, -0.2) is 4.79 Å². The van der Waals surface area contributed by atoms with E-state index in [0.717, 1.165) is 57.8 Å². The van der Waals surface area contributed by atoms with Gasteiger partial charge < -0.3 is 31.1 Å². The van der Waals surface area contributed by atoms with Crippen molar-refractivity contribution in [1.82, 2.24) is 31.1 Å². The molecule has 2 saturated heterocycles. The number of hydrogen-bond donors (Lipinski definition) is 4. The number of rotatable bonds is 15. The molecule has 5 rings (SSSR count). The number of Topliss-reactive ketones (excluding diaryl/α,β-unsaturated/α-hetero) is 1. The molecule has 0 bridgehead atoms. The highest BCUT2D eigenvalue weighted by atomic mass is 16.2. The molecular weight excluding hydrogens is 636 g/mol. The Hall–Kier alpha value is -3.44. The average Bonchev–Trinajstić information content (AvgIpc) is 3.93. The first kappa shape index (κ1) is 37.8. The maximum absolute atomic E-state index is 14.8. The molecule has 2 heterocycles. The largest absolute Gasteiger partial charge is 0.346 e. The van der Waals surface area contributed by atoms with Crippen molar-refractivity contribution in [3.63, 3.8) is 0 Å². The van der Waals surface area contributed by atoms with Crippen molar-refractivity contribution in [2.75, 3.05) is 26.2 Å². The van der Waals surface area contributed by atoms with Gasteiger partial charge in [-0.15, -0.1) is 6.58 Å². The van der Waals surface area contributed by atoms with Crippen molar-refractivity contribution < 1.29 is 28.8 Å². The Kier molecular flexibility index (Phi) is 11.7. The molecule has 3 aliphatic carbocycles. The fraction of sp³-hybridized carbons (Fsp3) is 0.789. The van der Waals surface area contributed by atoms with Gasteiger partial charge in [-0.1, -0.05) is 72.8 Å². The highest BCUT2D eigenvalue weighted by Gasteiger charge is 2.70. The number of nitrogens with one attached hydrogen (secondary N) is 4. The van der Waals surface area contributed by atoms with Gasteiger partial charge in [0.15, 0.2) is 0 Å². The summed E-state index contributed by atoms with van der Waals surface area (Å²) in [6, 6.07) is -3.41. The number of urea groups is 1. The number of fused-ring (bicyclic) bond motifs is 1. The van der Waals surface area contributed by atoms with Crippen LogP contribution in [0.25, 0.3) is 0 Å². The van der Waals surface area contributed by atoms with Gasteiger partial charge in [0.05, 0.1) is 12.1 Å². The standard InChI is InChI=1S/C38H60N6O6/c1-7-18-39-34(48)31(46)26(20-24-14-15-24)40-33(47)30-29-25(37(29,4)5)21-44(30)35(49)32(38(6)16-10-8-11-17-38)42-36(50)41-27(23(2)3)22-43-19-12-9-13-28(43)45/h7,23-27,29-30,32H,1,8-22H2,2-6H3,(H,39,48)(H,40,47)(H2,41,42,50)/t25-,26?,27+,29-,30-,32+/m0/s1. The van der Waals surface area contributed by atoms with Crippen LogP contribution in [-0.4, -0.2) is 95.6 Å². The van der Waals surface area contributed by atoms with E-state index in [4.69, 9.17) is 0 Å². The van der Waals surface area contributed by atoms with E-state index in [9.17, 15) is 28.8 Å². The molecule has 6 atom stereocenters. The van der Waals surface area contributed by atoms with Crippen LogP contribution in [0.2, 0.25) is 0 Å². The van der Waals surface area contributed by atoms with Crippen LogP contribution < -0.4 is 21.3 Å². The molecular formula is C38H60N6O6. The number of nitrogens with zero attached hydrogens (tertiary/aromatic N) is 2. The number of piperidine rings is 2. The fourth-order valence-corrected chi connectivity index (χ4v) is 8.80. The maximum Gasteiger partial charge on any atom is 0.315 e. The normalized spacial score (nSPS) is 27.0. The van der Waals surface area contributed by atoms with Crippen LogP contribution >= 0.6 is 0 Å². The Morgan fingerprint density at radius 1 is 0.960 bits per heavy atom. The molecule has 0 aromatic rings. The maximum atomic E-state index is 14.8. The zero-order valence-electron chi connectivity index (χ0n) is 30.9. The van der Waals surface area contributed by atoms with Gasteiger partial charge in [0.2, 0.25) is 23.5 Å². The third-order valence-corrected chi connectivity index (χ3v) is 12.5. The van der Waals surface area contributed by atoms with Crippen molar-refractivity contribution in [3.05, 3.63) is 12.7 Å². The van der Waals surface area contributed by atoms with Gasteiger partial charge >= 0.3 is 6.03 Å². The summed E-state index contributed by atoms with van der Waals surface area (Å²) in [5.74, 6) is -1.72. The van der Waals surface area contributed by atoms with Gasteiger partial charge in [-0.2, -0.15) is 0 Å². The van der Waals surface area contributed by atoms with E-state index in [0.29, 0.717) is 32.5 Å². The molecule has 0 aromatic heterocycles. The number of likely N-dealkylation sites (tertiary alicyclic amines) is 2. The van der Waals surface area contributed by atoms with E-state index in [-0.39, 0.29) is 53.5 Å². The first-order valence-corrected chi connectivity index (χ1v) is 19.1. The Morgan fingerprint density at radius 3 is 2.28 bits per heavy atom. The number of amides is 6. The van der Waals surface area contributed by atoms with Crippen molar-refractivity contribution in [1.29, 1.82) is 0 Å². The lowest BCUT2D eigenvalue weighted by Gasteiger charge is -2.43. The van der Waals surface area contributed by atoms with Crippen LogP contribution in [0.15, 0.2) is 12.7 Å². The minimum absolute atomic E-state index is 0.0565. The van der Waals surface area contributed by atoms with Crippen LogP contribution in [0.4, 0.5) is 4.79 Å². The second-order valence-corrected chi connectivity index (χ2v) is 16.9. The first-order valence-electron chi connectivity index (χ1n) is 19.1. The lowest BCUT2D eigenvalue weighted by molar-refractivity contribution is -0.146. The SMILES string of the molecule is C=CCNC(=O)C(=O)C(CC1CC1)NC(=O)[C@@H]1[C@@H]2[C@H](CN1C(=O)[C@@H](NC(=O)N[C@H](CN1CCCCC1=O)C(C)C)C1(C)CCCCC1)C2(C)C. The van der Waals surface area contributed by atoms with Gasteiger partial charge in [-0.3, -0.25) is 24.0 Å². The quantitative estimate of drug-likeness (QED) is 0.152. The van der Waals surface area contributed by atoms with E-state index in [2.05, 4.69) is 48.6 Å². The Bertz CT molecular complexity index is 1340. The van der Waals surface area contributed by atoms with Gasteiger partial charge in [-0.05, 0) is 66.6 Å². The summed E-state index contributed by atoms with van der Waals surface area (Å²) < 4.78 is 0. The van der Waals surface area contributed by atoms with Crippen molar-refractivity contribution in [2.24, 2.45) is 34.5 Å². The fourth-order valence-electron chi connectivity index (χ4n) is 8.80. The third-order valence-electron chi connectivity index (χ3n) is 12.5. The Labute approximate surface area is 297 Å². The molecule has 278 valence electrons. The van der Waals surface area contributed by atoms with Crippen molar-refractivity contribution in [3.8, 4) is 0 Å². The first-order chi connectivity index (χ1) is 23.7. The molecule has 0 aromatic carbocycles. The monoisotopic (exact) mass is 696 g/mol. The minimum Gasteiger partial charge on any atom is -0.346 e. The van der Waals surface area contributed by atoms with Gasteiger partial charge in [0.25, 0.3) is 5.91 Å². The van der Waals surface area contributed by atoms with E-state index >= 15 is 0 Å². The highest BCUT2D eigenvalue weighted by molar-refractivity contribution is 6.38. The molecule has 1 unspecified atom stereocenters. The summed E-state index contributed by atoms with van der Waals surface area (Å²) in [7, 11) is 0. The van der Waals surface area contributed by atoms with E-state index in [1.165, 1.54) is 6.08 Å². The molecule has 0 radical (unpaired) electrons. The number of carbonyl (C=O) groups excluding carboxylic acids is 6. The number of ketones is 1. The Morgan fingerprint density at radius 2 is 1.66 bits per heavy atom. The van der Waals surface area contributed by atoms with Gasteiger partial charge in [0.1, 0.15) is 12.1 Å².